The summed E-state index contributed by atoms with van der Waals surface area (Å²) in [6, 6.07) is 9.74. The Labute approximate surface area is 267 Å². The van der Waals surface area contributed by atoms with Crippen LogP contribution >= 0.6 is 34.3 Å². The lowest BCUT2D eigenvalue weighted by molar-refractivity contribution is -0.149. The SMILES string of the molecule is CN(CCOC(=O)C(=N)CCOCCOCCCCCCCl)c1ccc(-c2ccc(/C=C(\C#N)C(=O)OC(C)(C)C)s2)s1. The molecule has 0 spiro atoms. The molecular formula is C31H42ClN3O6S2. The number of thiophene rings is 2. The van der Waals surface area contributed by atoms with Gasteiger partial charge in [0.1, 0.15) is 29.6 Å². The number of esters is 2. The number of carbonyl (C=O) groups excluding carboxylic acids is 2. The van der Waals surface area contributed by atoms with Gasteiger partial charge in [-0.15, -0.1) is 34.3 Å². The number of rotatable bonds is 20. The van der Waals surface area contributed by atoms with Gasteiger partial charge in [-0.1, -0.05) is 12.8 Å². The van der Waals surface area contributed by atoms with E-state index in [1.807, 2.05) is 42.3 Å². The molecule has 43 heavy (non-hydrogen) atoms. The Kier molecular flexibility index (Phi) is 16.5. The molecule has 0 saturated heterocycles. The molecule has 9 nitrogen and oxygen atoms in total. The number of likely N-dealkylation sites (N-methyl/N-ethyl adjacent to an activating group) is 1. The molecule has 236 valence electrons. The van der Waals surface area contributed by atoms with Gasteiger partial charge in [-0.05, 0) is 64.0 Å². The topological polar surface area (TPSA) is 122 Å². The second-order valence-corrected chi connectivity index (χ2v) is 13.2. The average Bonchev–Trinajstić information content (AvgIpc) is 3.63. The number of hydrogen-bond acceptors (Lipinski definition) is 11. The molecule has 0 aromatic carbocycles. The number of nitrogens with zero attached hydrogens (tertiary/aromatic N) is 2. The average molecular weight is 652 g/mol. The number of ether oxygens (including phenoxy) is 4. The van der Waals surface area contributed by atoms with Crippen LogP contribution < -0.4 is 4.90 Å². The van der Waals surface area contributed by atoms with Crippen LogP contribution in [-0.4, -0.2) is 75.8 Å². The predicted octanol–water partition coefficient (Wildman–Crippen LogP) is 6.95. The zero-order valence-electron chi connectivity index (χ0n) is 25.4. The van der Waals surface area contributed by atoms with Gasteiger partial charge in [0.2, 0.25) is 0 Å². The molecule has 2 heterocycles. The van der Waals surface area contributed by atoms with E-state index < -0.39 is 17.5 Å². The molecular weight excluding hydrogens is 610 g/mol. The van der Waals surface area contributed by atoms with E-state index in [1.165, 1.54) is 11.3 Å². The van der Waals surface area contributed by atoms with E-state index in [0.717, 1.165) is 45.3 Å². The largest absolute Gasteiger partial charge is 0.459 e. The molecule has 0 aliphatic carbocycles. The molecule has 0 amide bonds. The van der Waals surface area contributed by atoms with E-state index >= 15 is 0 Å². The monoisotopic (exact) mass is 651 g/mol. The van der Waals surface area contributed by atoms with Gasteiger partial charge in [-0.2, -0.15) is 5.26 Å². The molecule has 0 aliphatic rings. The van der Waals surface area contributed by atoms with Crippen LogP contribution in [0, 0.1) is 16.7 Å². The highest BCUT2D eigenvalue weighted by Crippen LogP contribution is 2.37. The maximum absolute atomic E-state index is 12.3. The third-order valence-electron chi connectivity index (χ3n) is 5.81. The van der Waals surface area contributed by atoms with Crippen molar-refractivity contribution in [3.8, 4) is 15.8 Å². The van der Waals surface area contributed by atoms with Gasteiger partial charge in [0.15, 0.2) is 0 Å². The van der Waals surface area contributed by atoms with Crippen LogP contribution in [0.25, 0.3) is 15.8 Å². The number of carbonyl (C=O) groups is 2. The van der Waals surface area contributed by atoms with Gasteiger partial charge in [0, 0.05) is 40.6 Å². The predicted molar refractivity (Wildman–Crippen MR) is 174 cm³/mol. The lowest BCUT2D eigenvalue weighted by Crippen LogP contribution is -2.26. The molecule has 0 atom stereocenters. The van der Waals surface area contributed by atoms with Crippen molar-refractivity contribution in [3.05, 3.63) is 34.7 Å². The van der Waals surface area contributed by atoms with Crippen LogP contribution in [0.3, 0.4) is 0 Å². The Morgan fingerprint density at radius 1 is 0.953 bits per heavy atom. The third kappa shape index (κ3) is 14.5. The second kappa shape index (κ2) is 19.5. The molecule has 2 aromatic rings. The van der Waals surface area contributed by atoms with Crippen LogP contribution in [0.15, 0.2) is 29.8 Å². The molecule has 0 unspecified atom stereocenters. The number of anilines is 1. The van der Waals surface area contributed by atoms with Crippen molar-refractivity contribution in [3.63, 3.8) is 0 Å². The minimum absolute atomic E-state index is 0.0460. The fourth-order valence-electron chi connectivity index (χ4n) is 3.56. The molecule has 2 rings (SSSR count). The summed E-state index contributed by atoms with van der Waals surface area (Å²) < 4.78 is 21.6. The van der Waals surface area contributed by atoms with Crippen LogP contribution in [0.2, 0.25) is 0 Å². The van der Waals surface area contributed by atoms with E-state index in [9.17, 15) is 14.9 Å². The van der Waals surface area contributed by atoms with Crippen molar-refractivity contribution in [2.45, 2.75) is 58.5 Å². The zero-order valence-corrected chi connectivity index (χ0v) is 27.8. The van der Waals surface area contributed by atoms with Gasteiger partial charge >= 0.3 is 11.9 Å². The highest BCUT2D eigenvalue weighted by Gasteiger charge is 2.20. The summed E-state index contributed by atoms with van der Waals surface area (Å²) >= 11 is 8.71. The number of alkyl halides is 1. The fourth-order valence-corrected chi connectivity index (χ4v) is 5.79. The van der Waals surface area contributed by atoms with Crippen molar-refractivity contribution in [1.82, 2.24) is 0 Å². The summed E-state index contributed by atoms with van der Waals surface area (Å²) in [4.78, 5) is 29.2. The highest BCUT2D eigenvalue weighted by molar-refractivity contribution is 7.24. The Hall–Kier alpha value is -2.75. The third-order valence-corrected chi connectivity index (χ3v) is 8.51. The van der Waals surface area contributed by atoms with Crippen molar-refractivity contribution in [2.24, 2.45) is 0 Å². The van der Waals surface area contributed by atoms with Gasteiger partial charge in [0.05, 0.1) is 31.4 Å². The quantitative estimate of drug-likeness (QED) is 0.0408. The van der Waals surface area contributed by atoms with Gasteiger partial charge in [-0.25, -0.2) is 9.59 Å². The van der Waals surface area contributed by atoms with E-state index in [0.29, 0.717) is 32.2 Å². The molecule has 0 bridgehead atoms. The number of hydrogen-bond donors (Lipinski definition) is 1. The zero-order chi connectivity index (χ0) is 31.7. The normalized spacial score (nSPS) is 11.7. The molecule has 12 heteroatoms. The van der Waals surface area contributed by atoms with Gasteiger partial charge in [0.25, 0.3) is 0 Å². The molecule has 0 radical (unpaired) electrons. The number of nitriles is 1. The second-order valence-electron chi connectivity index (χ2n) is 10.6. The molecule has 0 fully saturated rings. The minimum Gasteiger partial charge on any atom is -0.459 e. The summed E-state index contributed by atoms with van der Waals surface area (Å²) in [6.45, 7) is 7.78. The van der Waals surface area contributed by atoms with Crippen LogP contribution in [-0.2, 0) is 28.5 Å². The fraction of sp³-hybridized carbons (Fsp3) is 0.548. The molecule has 2 aromatic heterocycles. The van der Waals surface area contributed by atoms with E-state index in [-0.39, 0.29) is 30.9 Å². The standard InChI is InChI=1S/C31H42ClN3O6S2/c1-31(2,3)41-29(36)23(22-33)21-24-9-10-26(42-24)27-11-12-28(43-27)35(4)15-18-40-30(37)25(34)13-17-39-20-19-38-16-8-6-5-7-14-32/h9-12,21,34H,5-8,13-20H2,1-4H3/b23-21+,34-25?. The number of nitrogens with one attached hydrogen (secondary N) is 1. The maximum atomic E-state index is 12.3. The van der Waals surface area contributed by atoms with Crippen molar-refractivity contribution >= 4 is 63.0 Å². The summed E-state index contributed by atoms with van der Waals surface area (Å²) in [7, 11) is 1.91. The lowest BCUT2D eigenvalue weighted by atomic mass is 10.2. The van der Waals surface area contributed by atoms with Crippen molar-refractivity contribution in [2.75, 3.05) is 57.4 Å². The smallest absolute Gasteiger partial charge is 0.352 e. The Balaban J connectivity index is 1.70. The van der Waals surface area contributed by atoms with E-state index in [4.69, 9.17) is 36.0 Å². The van der Waals surface area contributed by atoms with Crippen LogP contribution in [0.4, 0.5) is 5.00 Å². The van der Waals surface area contributed by atoms with Gasteiger partial charge in [-0.3, -0.25) is 5.41 Å². The molecule has 0 aliphatic heterocycles. The first-order valence-corrected chi connectivity index (χ1v) is 16.4. The first kappa shape index (κ1) is 36.4. The van der Waals surface area contributed by atoms with E-state index in [1.54, 1.807) is 38.2 Å². The molecule has 1 N–H and O–H groups in total. The Morgan fingerprint density at radius 3 is 2.33 bits per heavy atom. The van der Waals surface area contributed by atoms with E-state index in [2.05, 4.69) is 0 Å². The Bertz CT molecular complexity index is 1240. The first-order valence-electron chi connectivity index (χ1n) is 14.3. The minimum atomic E-state index is -0.678. The van der Waals surface area contributed by atoms with Crippen LogP contribution in [0.1, 0.15) is 57.8 Å². The van der Waals surface area contributed by atoms with Crippen molar-refractivity contribution in [1.29, 1.82) is 10.7 Å². The Morgan fingerprint density at radius 2 is 1.63 bits per heavy atom. The highest BCUT2D eigenvalue weighted by atomic mass is 35.5. The summed E-state index contributed by atoms with van der Waals surface area (Å²) in [6.07, 6.45) is 6.00. The maximum Gasteiger partial charge on any atom is 0.352 e. The lowest BCUT2D eigenvalue weighted by Gasteiger charge is -2.18. The number of unbranched alkanes of at least 4 members (excludes halogenated alkanes) is 3. The first-order chi connectivity index (χ1) is 20.5. The summed E-state index contributed by atoms with van der Waals surface area (Å²) in [5.41, 5.74) is -0.840. The van der Waals surface area contributed by atoms with Crippen molar-refractivity contribution < 1.29 is 28.5 Å². The van der Waals surface area contributed by atoms with Gasteiger partial charge < -0.3 is 23.8 Å². The number of halogens is 1. The summed E-state index contributed by atoms with van der Waals surface area (Å²) in [5, 5.41) is 18.3. The van der Waals surface area contributed by atoms with Crippen LogP contribution in [0.5, 0.6) is 0 Å². The molecule has 0 saturated carbocycles. The summed E-state index contributed by atoms with van der Waals surface area (Å²) in [5.74, 6) is -0.579.